The normalized spacial score (nSPS) is 18.4. The van der Waals surface area contributed by atoms with Crippen LogP contribution in [-0.4, -0.2) is 39.1 Å². The molecular formula is C21H25FN4O3. The van der Waals surface area contributed by atoms with E-state index >= 15 is 0 Å². The van der Waals surface area contributed by atoms with Crippen molar-refractivity contribution in [2.45, 2.75) is 50.7 Å². The first-order chi connectivity index (χ1) is 13.9. The Morgan fingerprint density at radius 1 is 1.21 bits per heavy atom. The van der Waals surface area contributed by atoms with Gasteiger partial charge in [-0.3, -0.25) is 19.1 Å². The maximum Gasteiger partial charge on any atom is 0.296 e. The van der Waals surface area contributed by atoms with Gasteiger partial charge in [0.05, 0.1) is 5.54 Å². The van der Waals surface area contributed by atoms with Gasteiger partial charge in [0.1, 0.15) is 11.6 Å². The first-order valence-electron chi connectivity index (χ1n) is 10.0. The second kappa shape index (κ2) is 7.59. The Bertz CT molecular complexity index is 981. The highest BCUT2D eigenvalue weighted by Crippen LogP contribution is 2.42. The van der Waals surface area contributed by atoms with E-state index in [4.69, 9.17) is 0 Å². The molecule has 0 bridgehead atoms. The standard InChI is InChI=1S/C21H25FN4O3/c1-25-11-12-26-19(29)17(27)16(24-20(26)21(25)9-3-2-4-10-21)18(28)23-13-14-5-7-15(22)8-6-14/h5-8,27H,2-4,9-13H2,1H3,(H,23,28). The van der Waals surface area contributed by atoms with Gasteiger partial charge in [-0.05, 0) is 37.6 Å². The zero-order chi connectivity index (χ0) is 20.6. The zero-order valence-corrected chi connectivity index (χ0v) is 16.4. The first kappa shape index (κ1) is 19.6. The molecule has 1 saturated carbocycles. The molecule has 2 aromatic rings. The molecule has 1 fully saturated rings. The van der Waals surface area contributed by atoms with Crippen molar-refractivity contribution in [2.24, 2.45) is 0 Å². The van der Waals surface area contributed by atoms with Crippen molar-refractivity contribution in [1.29, 1.82) is 0 Å². The highest BCUT2D eigenvalue weighted by molar-refractivity contribution is 5.94. The highest BCUT2D eigenvalue weighted by atomic mass is 19.1. The fourth-order valence-electron chi connectivity index (χ4n) is 4.51. The van der Waals surface area contributed by atoms with E-state index in [-0.39, 0.29) is 23.6 Å². The lowest BCUT2D eigenvalue weighted by Crippen LogP contribution is -2.55. The number of aromatic nitrogens is 2. The second-order valence-corrected chi connectivity index (χ2v) is 7.91. The van der Waals surface area contributed by atoms with Crippen LogP contribution in [0.25, 0.3) is 0 Å². The van der Waals surface area contributed by atoms with Crippen molar-refractivity contribution in [3.63, 3.8) is 0 Å². The number of hydrogen-bond acceptors (Lipinski definition) is 5. The molecule has 1 amide bonds. The number of rotatable bonds is 3. The van der Waals surface area contributed by atoms with Crippen molar-refractivity contribution < 1.29 is 14.3 Å². The molecule has 1 aliphatic carbocycles. The summed E-state index contributed by atoms with van der Waals surface area (Å²) in [5, 5.41) is 13.1. The molecule has 0 saturated heterocycles. The third kappa shape index (κ3) is 3.42. The van der Waals surface area contributed by atoms with Gasteiger partial charge in [0.25, 0.3) is 11.5 Å². The SMILES string of the molecule is CN1CCn2c(nc(C(=O)NCc3ccc(F)cc3)c(O)c2=O)C12CCCCC2. The van der Waals surface area contributed by atoms with Gasteiger partial charge in [-0.2, -0.15) is 0 Å². The molecule has 0 atom stereocenters. The minimum atomic E-state index is -0.624. The Kier molecular flexibility index (Phi) is 5.12. The highest BCUT2D eigenvalue weighted by Gasteiger charge is 2.44. The van der Waals surface area contributed by atoms with Crippen LogP contribution in [0.1, 0.15) is 54.0 Å². The average molecular weight is 400 g/mol. The molecule has 2 heterocycles. The Morgan fingerprint density at radius 3 is 2.59 bits per heavy atom. The summed E-state index contributed by atoms with van der Waals surface area (Å²) in [6, 6.07) is 5.75. The van der Waals surface area contributed by atoms with Crippen LogP contribution in [0, 0.1) is 5.82 Å². The number of aromatic hydroxyl groups is 1. The topological polar surface area (TPSA) is 87.5 Å². The molecule has 1 aromatic carbocycles. The fraction of sp³-hybridized carbons (Fsp3) is 0.476. The largest absolute Gasteiger partial charge is 0.501 e. The van der Waals surface area contributed by atoms with Crippen LogP contribution in [0.3, 0.4) is 0 Å². The van der Waals surface area contributed by atoms with E-state index in [1.54, 1.807) is 12.1 Å². The van der Waals surface area contributed by atoms with Crippen LogP contribution < -0.4 is 10.9 Å². The molecule has 154 valence electrons. The molecule has 1 aliphatic heterocycles. The molecule has 8 heteroatoms. The van der Waals surface area contributed by atoms with Crippen LogP contribution in [-0.2, 0) is 18.6 Å². The lowest BCUT2D eigenvalue weighted by molar-refractivity contribution is 0.0333. The summed E-state index contributed by atoms with van der Waals surface area (Å²) in [5.74, 6) is -1.03. The predicted molar refractivity (Wildman–Crippen MR) is 105 cm³/mol. The minimum Gasteiger partial charge on any atom is -0.501 e. The predicted octanol–water partition coefficient (Wildman–Crippen LogP) is 2.12. The molecule has 2 N–H and O–H groups in total. The van der Waals surface area contributed by atoms with Crippen molar-refractivity contribution in [1.82, 2.24) is 19.8 Å². The van der Waals surface area contributed by atoms with Gasteiger partial charge in [0, 0.05) is 19.6 Å². The number of benzene rings is 1. The molecule has 1 aromatic heterocycles. The third-order valence-electron chi connectivity index (χ3n) is 6.21. The van der Waals surface area contributed by atoms with Gasteiger partial charge in [0.15, 0.2) is 5.69 Å². The number of amides is 1. The molecular weight excluding hydrogens is 375 g/mol. The number of carbonyl (C=O) groups is 1. The second-order valence-electron chi connectivity index (χ2n) is 7.91. The molecule has 7 nitrogen and oxygen atoms in total. The van der Waals surface area contributed by atoms with Gasteiger partial charge in [-0.15, -0.1) is 0 Å². The zero-order valence-electron chi connectivity index (χ0n) is 16.4. The molecule has 2 aliphatic rings. The summed E-state index contributed by atoms with van der Waals surface area (Å²) in [4.78, 5) is 32.3. The monoisotopic (exact) mass is 400 g/mol. The van der Waals surface area contributed by atoms with Crippen LogP contribution in [0.15, 0.2) is 29.1 Å². The fourth-order valence-corrected chi connectivity index (χ4v) is 4.51. The number of fused-ring (bicyclic) bond motifs is 2. The Labute approximate surface area is 168 Å². The number of halogens is 1. The molecule has 0 radical (unpaired) electrons. The maximum atomic E-state index is 13.0. The van der Waals surface area contributed by atoms with Crippen molar-refractivity contribution in [3.05, 3.63) is 57.5 Å². The first-order valence-corrected chi connectivity index (χ1v) is 10.0. The smallest absolute Gasteiger partial charge is 0.296 e. The lowest BCUT2D eigenvalue weighted by Gasteiger charge is -2.48. The average Bonchev–Trinajstić information content (AvgIpc) is 2.73. The van der Waals surface area contributed by atoms with Crippen LogP contribution in [0.4, 0.5) is 4.39 Å². The number of carbonyl (C=O) groups excluding carboxylic acids is 1. The van der Waals surface area contributed by atoms with Crippen LogP contribution in [0.2, 0.25) is 0 Å². The van der Waals surface area contributed by atoms with Crippen LogP contribution in [0.5, 0.6) is 5.75 Å². The Hall–Kier alpha value is -2.74. The lowest BCUT2D eigenvalue weighted by atomic mass is 9.78. The summed E-state index contributed by atoms with van der Waals surface area (Å²) >= 11 is 0. The number of likely N-dealkylation sites (N-methyl/N-ethyl adjacent to an activating group) is 1. The van der Waals surface area contributed by atoms with Crippen LogP contribution >= 0.6 is 0 Å². The molecule has 1 spiro atoms. The molecule has 0 unspecified atom stereocenters. The molecule has 4 rings (SSSR count). The van der Waals surface area contributed by atoms with Crippen molar-refractivity contribution in [3.8, 4) is 5.75 Å². The Balaban J connectivity index is 1.68. The van der Waals surface area contributed by atoms with E-state index in [9.17, 15) is 19.1 Å². The van der Waals surface area contributed by atoms with E-state index in [0.717, 1.165) is 32.1 Å². The van der Waals surface area contributed by atoms with Gasteiger partial charge in [0.2, 0.25) is 5.75 Å². The van der Waals surface area contributed by atoms with Gasteiger partial charge >= 0.3 is 0 Å². The Morgan fingerprint density at radius 2 is 1.90 bits per heavy atom. The van der Waals surface area contributed by atoms with E-state index in [1.165, 1.54) is 16.7 Å². The van der Waals surface area contributed by atoms with Gasteiger partial charge in [-0.1, -0.05) is 31.4 Å². The maximum absolute atomic E-state index is 13.0. The van der Waals surface area contributed by atoms with E-state index in [2.05, 4.69) is 15.2 Å². The summed E-state index contributed by atoms with van der Waals surface area (Å²) in [6.07, 6.45) is 4.96. The van der Waals surface area contributed by atoms with Gasteiger partial charge in [-0.25, -0.2) is 9.37 Å². The van der Waals surface area contributed by atoms with Crippen molar-refractivity contribution in [2.75, 3.05) is 13.6 Å². The summed E-state index contributed by atoms with van der Waals surface area (Å²) in [7, 11) is 2.03. The summed E-state index contributed by atoms with van der Waals surface area (Å²) in [5.41, 5.74) is -0.490. The quantitative estimate of drug-likeness (QED) is 0.824. The minimum absolute atomic E-state index is 0.143. The van der Waals surface area contributed by atoms with E-state index in [0.29, 0.717) is 24.5 Å². The van der Waals surface area contributed by atoms with E-state index < -0.39 is 17.2 Å². The number of nitrogens with zero attached hydrogens (tertiary/aromatic N) is 3. The summed E-state index contributed by atoms with van der Waals surface area (Å²) < 4.78 is 14.6. The molecule has 29 heavy (non-hydrogen) atoms. The summed E-state index contributed by atoms with van der Waals surface area (Å²) in [6.45, 7) is 1.28. The number of hydrogen-bond donors (Lipinski definition) is 2. The van der Waals surface area contributed by atoms with Crippen molar-refractivity contribution >= 4 is 5.91 Å². The van der Waals surface area contributed by atoms with E-state index in [1.807, 2.05) is 7.05 Å². The third-order valence-corrected chi connectivity index (χ3v) is 6.21. The van der Waals surface area contributed by atoms with Gasteiger partial charge < -0.3 is 10.4 Å². The number of nitrogens with one attached hydrogen (secondary N) is 1.